The Morgan fingerprint density at radius 3 is 1.64 bits per heavy atom. The summed E-state index contributed by atoms with van der Waals surface area (Å²) >= 11 is 1.46. The Balaban J connectivity index is 0.000000264. The molecule has 0 saturated heterocycles. The number of halogens is 2. The third-order valence-electron chi connectivity index (χ3n) is 4.45. The van der Waals surface area contributed by atoms with E-state index in [0.717, 1.165) is 0 Å². The Hall–Kier alpha value is -1.40. The van der Waals surface area contributed by atoms with E-state index >= 15 is 0 Å². The number of allylic oxidation sites excluding steroid dienone is 4. The van der Waals surface area contributed by atoms with Gasteiger partial charge in [0, 0.05) is 0 Å². The molecule has 0 aromatic heterocycles. The van der Waals surface area contributed by atoms with Crippen molar-refractivity contribution in [3.63, 3.8) is 0 Å². The van der Waals surface area contributed by atoms with Crippen LogP contribution in [0.1, 0.15) is 23.1 Å². The number of aryl methyl sites for hydroxylation is 1. The van der Waals surface area contributed by atoms with Crippen molar-refractivity contribution in [1.82, 2.24) is 0 Å². The predicted octanol–water partition coefficient (Wildman–Crippen LogP) is -0.109. The monoisotopic (exact) mass is 483 g/mol. The van der Waals surface area contributed by atoms with E-state index in [9.17, 15) is 0 Å². The normalized spacial score (nSPS) is 11.8. The average Bonchev–Trinajstić information content (AvgIpc) is 3.41. The third kappa shape index (κ3) is 7.92. The van der Waals surface area contributed by atoms with Gasteiger partial charge >= 0.3 is 99.2 Å². The molecule has 0 saturated carbocycles. The molecule has 28 heavy (non-hydrogen) atoms. The molecule has 3 aromatic carbocycles. The van der Waals surface area contributed by atoms with E-state index < -0.39 is 0 Å². The van der Waals surface area contributed by atoms with E-state index in [4.69, 9.17) is 0 Å². The summed E-state index contributed by atoms with van der Waals surface area (Å²) in [6, 6.07) is 29.7. The van der Waals surface area contributed by atoms with E-state index in [-0.39, 0.29) is 24.8 Å². The zero-order valence-corrected chi connectivity index (χ0v) is 19.6. The minimum absolute atomic E-state index is 0. The molecule has 3 heteroatoms. The number of hydrogen-bond donors (Lipinski definition) is 0. The van der Waals surface area contributed by atoms with Gasteiger partial charge in [0.2, 0.25) is 0 Å². The van der Waals surface area contributed by atoms with Crippen LogP contribution in [0, 0.1) is 5.92 Å². The molecule has 0 aliphatic heterocycles. The van der Waals surface area contributed by atoms with Gasteiger partial charge in [-0.2, -0.15) is 17.7 Å². The van der Waals surface area contributed by atoms with Crippen molar-refractivity contribution in [1.29, 1.82) is 0 Å². The maximum absolute atomic E-state index is 2.27. The van der Waals surface area contributed by atoms with Crippen LogP contribution in [0.15, 0.2) is 109 Å². The summed E-state index contributed by atoms with van der Waals surface area (Å²) in [6.45, 7) is 0. The van der Waals surface area contributed by atoms with Gasteiger partial charge in [-0.3, -0.25) is 0 Å². The Bertz CT molecular complexity index is 797. The van der Waals surface area contributed by atoms with Gasteiger partial charge in [-0.15, -0.1) is 0 Å². The number of rotatable bonds is 5. The fourth-order valence-corrected chi connectivity index (χ4v) is 3.78. The molecular weight excluding hydrogens is 462 g/mol. The van der Waals surface area contributed by atoms with Gasteiger partial charge in [-0.1, -0.05) is 30.7 Å². The molecule has 142 valence electrons. The quantitative estimate of drug-likeness (QED) is 0.443. The Morgan fingerprint density at radius 1 is 0.714 bits per heavy atom. The third-order valence-corrected chi connectivity index (χ3v) is 5.87. The van der Waals surface area contributed by atoms with E-state index in [1.165, 1.54) is 57.0 Å². The average molecular weight is 486 g/mol. The molecule has 0 atom stereocenters. The molecule has 0 radical (unpaired) electrons. The molecule has 4 rings (SSSR count). The first-order valence-corrected chi connectivity index (χ1v) is 10.3. The van der Waals surface area contributed by atoms with Crippen molar-refractivity contribution in [3.05, 3.63) is 126 Å². The van der Waals surface area contributed by atoms with Crippen LogP contribution in [0.4, 0.5) is 0 Å². The van der Waals surface area contributed by atoms with Crippen molar-refractivity contribution < 1.29 is 49.0 Å². The second-order valence-corrected chi connectivity index (χ2v) is 7.60. The zero-order chi connectivity index (χ0) is 18.0. The first kappa shape index (κ1) is 24.6. The Morgan fingerprint density at radius 2 is 1.18 bits per heavy atom. The summed E-state index contributed by atoms with van der Waals surface area (Å²) in [5.74, 6) is 0.680. The molecule has 0 bridgehead atoms. The van der Waals surface area contributed by atoms with Crippen LogP contribution < -0.4 is 24.8 Å². The number of benzene rings is 2. The summed E-state index contributed by atoms with van der Waals surface area (Å²) in [4.78, 5) is 0. The summed E-state index contributed by atoms with van der Waals surface area (Å²) in [5, 5.41) is 0. The van der Waals surface area contributed by atoms with E-state index in [2.05, 4.69) is 109 Å². The van der Waals surface area contributed by atoms with Crippen LogP contribution in [0.2, 0.25) is 0 Å². The minimum atomic E-state index is 0. The first-order valence-electron chi connectivity index (χ1n) is 9.08. The van der Waals surface area contributed by atoms with Gasteiger partial charge in [0.1, 0.15) is 0 Å². The van der Waals surface area contributed by atoms with Gasteiger partial charge in [-0.25, -0.2) is 12.1 Å². The van der Waals surface area contributed by atoms with E-state index in [1.807, 2.05) is 0 Å². The summed E-state index contributed by atoms with van der Waals surface area (Å²) in [7, 11) is 0. The van der Waals surface area contributed by atoms with Crippen molar-refractivity contribution in [2.24, 2.45) is 5.92 Å². The first-order chi connectivity index (χ1) is 12.8. The SMILES string of the molecule is C1=CC(CC[c-]2cccc2)C=C1.[Cl-].[Cl-].[Zr+2]=[C](c1ccccc1)c1ccccc1. The predicted molar refractivity (Wildman–Crippen MR) is 108 cm³/mol. The fraction of sp³-hybridized carbons (Fsp3) is 0.120. The molecule has 1 aliphatic carbocycles. The molecule has 0 spiro atoms. The molecule has 0 fully saturated rings. The molecule has 0 N–H and O–H groups in total. The molecule has 0 heterocycles. The zero-order valence-electron chi connectivity index (χ0n) is 15.6. The second kappa shape index (κ2) is 13.7. The second-order valence-electron chi connectivity index (χ2n) is 6.37. The van der Waals surface area contributed by atoms with Crippen LogP contribution in [0.25, 0.3) is 0 Å². The van der Waals surface area contributed by atoms with Crippen LogP contribution >= 0.6 is 0 Å². The maximum atomic E-state index is 2.27. The van der Waals surface area contributed by atoms with Crippen LogP contribution in [-0.2, 0) is 30.7 Å². The molecule has 0 unspecified atom stereocenters. The van der Waals surface area contributed by atoms with Gasteiger partial charge in [0.25, 0.3) is 0 Å². The summed E-state index contributed by atoms with van der Waals surface area (Å²) < 4.78 is 1.42. The fourth-order valence-electron chi connectivity index (χ4n) is 2.96. The summed E-state index contributed by atoms with van der Waals surface area (Å²) in [6.07, 6.45) is 11.3. The van der Waals surface area contributed by atoms with Gasteiger partial charge in [0.15, 0.2) is 0 Å². The van der Waals surface area contributed by atoms with Gasteiger partial charge in [-0.05, 0) is 12.3 Å². The Labute approximate surface area is 195 Å². The van der Waals surface area contributed by atoms with Gasteiger partial charge in [0.05, 0.1) is 0 Å². The van der Waals surface area contributed by atoms with Crippen molar-refractivity contribution in [2.75, 3.05) is 0 Å². The Kier molecular flexibility index (Phi) is 12.1. The molecule has 3 aromatic rings. The van der Waals surface area contributed by atoms with E-state index in [1.54, 1.807) is 0 Å². The van der Waals surface area contributed by atoms with Crippen molar-refractivity contribution in [3.8, 4) is 0 Å². The van der Waals surface area contributed by atoms with Crippen LogP contribution in [0.3, 0.4) is 0 Å². The van der Waals surface area contributed by atoms with Crippen molar-refractivity contribution >= 4 is 3.21 Å². The molecule has 1 aliphatic rings. The van der Waals surface area contributed by atoms with E-state index in [0.29, 0.717) is 5.92 Å². The molecule has 0 nitrogen and oxygen atoms in total. The molecule has 0 amide bonds. The summed E-state index contributed by atoms with van der Waals surface area (Å²) in [5.41, 5.74) is 4.12. The molecular formula is C25H23Cl2Zr-. The van der Waals surface area contributed by atoms with Crippen LogP contribution in [-0.4, -0.2) is 3.21 Å². The van der Waals surface area contributed by atoms with Crippen LogP contribution in [0.5, 0.6) is 0 Å². The number of hydrogen-bond acceptors (Lipinski definition) is 0. The van der Waals surface area contributed by atoms with Gasteiger partial charge < -0.3 is 24.8 Å². The topological polar surface area (TPSA) is 0 Å². The van der Waals surface area contributed by atoms with Crippen molar-refractivity contribution in [2.45, 2.75) is 12.8 Å². The standard InChI is InChI=1S/C13H10.C12H13.2ClH.Zr/c1-3-7-12(8-4-1)11-13-9-5-2-6-10-13;1-2-6-11(5-1)9-10-12-7-3-4-8-12;;;/h1-10H;1-8,11H,9-10H2;2*1H;/q;-1;;;+2/p-2.